The number of rotatable bonds is 20. The number of hydrogen-bond acceptors (Lipinski definition) is 10. The van der Waals surface area contributed by atoms with Crippen molar-refractivity contribution in [2.45, 2.75) is 129 Å². The van der Waals surface area contributed by atoms with Gasteiger partial charge in [-0.05, 0) is 76.3 Å². The fourth-order valence-corrected chi connectivity index (χ4v) is 9.80. The normalized spacial score (nSPS) is 21.3. The predicted molar refractivity (Wildman–Crippen MR) is 220 cm³/mol. The van der Waals surface area contributed by atoms with Crippen LogP contribution in [0.4, 0.5) is 4.79 Å². The minimum Gasteiger partial charge on any atom is -0.439 e. The highest BCUT2D eigenvalue weighted by Gasteiger charge is 2.50. The van der Waals surface area contributed by atoms with Crippen molar-refractivity contribution < 1.29 is 32.3 Å². The number of ether oxygens (including phenoxy) is 1. The number of Topliss-reactive ketones (excluding diaryl/α,β-unsaturated/α-hetero) is 1. The minimum absolute atomic E-state index is 0.0166. The standard InChI is InChI=1S/C41H64N6O7S2/c1-9-28(5)32(23-36(48)41-20-14-18-31(47(41)7)19-15-21-41)39(50)46(6)34(27(3)4)24-35(54-40(51)42-10-2)38-45-33(26-55-38)37(49)44-30(25-43-56(8,52)53)22-29-16-12-11-13-17-29/h11-13,16-17,26-28,30-32,34-35,43H,9-10,14-15,18-25H2,1-8H3,(H,42,51)(H,44,49)/t28-,30-,31?,32-,34+,35+,41?/m0/s1. The van der Waals surface area contributed by atoms with Crippen LogP contribution < -0.4 is 15.4 Å². The van der Waals surface area contributed by atoms with Crippen molar-refractivity contribution in [2.24, 2.45) is 17.8 Å². The first kappa shape index (κ1) is 45.3. The molecule has 1 aromatic carbocycles. The van der Waals surface area contributed by atoms with Gasteiger partial charge in [0.1, 0.15) is 10.7 Å². The van der Waals surface area contributed by atoms with Gasteiger partial charge in [-0.1, -0.05) is 64.4 Å². The summed E-state index contributed by atoms with van der Waals surface area (Å²) in [7, 11) is 0.348. The average molecular weight is 817 g/mol. The van der Waals surface area contributed by atoms with Crippen LogP contribution in [0.3, 0.4) is 0 Å². The van der Waals surface area contributed by atoms with E-state index in [9.17, 15) is 27.6 Å². The molecular formula is C41H64N6O7S2. The van der Waals surface area contributed by atoms with Crippen LogP contribution in [0.25, 0.3) is 0 Å². The molecule has 312 valence electrons. The van der Waals surface area contributed by atoms with Crippen molar-refractivity contribution in [1.29, 1.82) is 0 Å². The maximum atomic E-state index is 14.6. The number of amides is 3. The second-order valence-corrected chi connectivity index (χ2v) is 18.9. The van der Waals surface area contributed by atoms with Crippen molar-refractivity contribution in [3.63, 3.8) is 0 Å². The molecule has 2 bridgehead atoms. The first-order chi connectivity index (χ1) is 26.5. The Kier molecular flexibility index (Phi) is 16.5. The third kappa shape index (κ3) is 11.8. The van der Waals surface area contributed by atoms with E-state index in [1.54, 1.807) is 24.3 Å². The quantitative estimate of drug-likeness (QED) is 0.152. The van der Waals surface area contributed by atoms with E-state index in [4.69, 9.17) is 4.74 Å². The summed E-state index contributed by atoms with van der Waals surface area (Å²) in [6.45, 7) is 10.2. The lowest BCUT2D eigenvalue weighted by molar-refractivity contribution is -0.148. The third-order valence-corrected chi connectivity index (χ3v) is 13.6. The Balaban J connectivity index is 1.55. The zero-order valence-corrected chi connectivity index (χ0v) is 36.1. The van der Waals surface area contributed by atoms with Crippen molar-refractivity contribution in [2.75, 3.05) is 33.4 Å². The van der Waals surface area contributed by atoms with E-state index in [1.165, 1.54) is 11.3 Å². The number of piperidine rings is 2. The minimum atomic E-state index is -3.51. The number of thiazole rings is 1. The average Bonchev–Trinajstić information content (AvgIpc) is 3.64. The van der Waals surface area contributed by atoms with E-state index in [0.29, 0.717) is 24.0 Å². The van der Waals surface area contributed by atoms with Crippen molar-refractivity contribution in [1.82, 2.24) is 30.1 Å². The van der Waals surface area contributed by atoms with Crippen LogP contribution in [0.15, 0.2) is 35.7 Å². The Morgan fingerprint density at radius 1 is 1.07 bits per heavy atom. The number of fused-ring (bicyclic) bond motifs is 2. The summed E-state index contributed by atoms with van der Waals surface area (Å²) in [5, 5.41) is 7.57. The molecule has 0 radical (unpaired) electrons. The molecule has 3 heterocycles. The van der Waals surface area contributed by atoms with E-state index >= 15 is 0 Å². The number of ketones is 1. The molecule has 2 aromatic rings. The Morgan fingerprint density at radius 2 is 1.73 bits per heavy atom. The lowest BCUT2D eigenvalue weighted by Gasteiger charge is -2.52. The molecule has 0 aliphatic carbocycles. The maximum absolute atomic E-state index is 14.6. The van der Waals surface area contributed by atoms with Gasteiger partial charge >= 0.3 is 6.09 Å². The van der Waals surface area contributed by atoms with Gasteiger partial charge in [0.05, 0.1) is 11.8 Å². The predicted octanol–water partition coefficient (Wildman–Crippen LogP) is 5.72. The lowest BCUT2D eigenvalue weighted by Crippen LogP contribution is -2.62. The highest BCUT2D eigenvalue weighted by molar-refractivity contribution is 7.88. The topological polar surface area (TPSA) is 167 Å². The smallest absolute Gasteiger partial charge is 0.407 e. The van der Waals surface area contributed by atoms with Crippen LogP contribution >= 0.6 is 11.3 Å². The van der Waals surface area contributed by atoms with Gasteiger partial charge in [0, 0.05) is 62.4 Å². The molecule has 4 rings (SSSR count). The number of sulfonamides is 1. The van der Waals surface area contributed by atoms with Crippen LogP contribution in [-0.4, -0.2) is 104 Å². The number of alkyl carbamates (subject to hydrolysis) is 1. The SMILES string of the molecule is CCNC(=O)O[C@H](C[C@H](C(C)C)N(C)C(=O)[C@@H](CC(=O)C12CCCC(CCC1)N2C)[C@@H](C)CC)c1nc(C(=O)N[C@H](CNS(C)(=O)=O)Cc2ccccc2)cs1. The summed E-state index contributed by atoms with van der Waals surface area (Å²) in [5.41, 5.74) is 0.518. The largest absolute Gasteiger partial charge is 0.439 e. The summed E-state index contributed by atoms with van der Waals surface area (Å²) >= 11 is 1.17. The second kappa shape index (κ2) is 20.3. The van der Waals surface area contributed by atoms with E-state index in [-0.39, 0.29) is 48.6 Å². The Labute approximate surface area is 338 Å². The summed E-state index contributed by atoms with van der Waals surface area (Å²) in [6.07, 6.45) is 7.02. The molecular weight excluding hydrogens is 753 g/mol. The number of nitrogens with zero attached hydrogens (tertiary/aromatic N) is 3. The second-order valence-electron chi connectivity index (χ2n) is 16.2. The van der Waals surface area contributed by atoms with E-state index in [1.807, 2.05) is 51.1 Å². The van der Waals surface area contributed by atoms with Crippen LogP contribution in [0.1, 0.15) is 120 Å². The molecule has 1 aromatic heterocycles. The number of aromatic nitrogens is 1. The number of carbonyl (C=O) groups excluding carboxylic acids is 4. The van der Waals surface area contributed by atoms with Gasteiger partial charge in [0.25, 0.3) is 5.91 Å². The van der Waals surface area contributed by atoms with Gasteiger partial charge in [0.15, 0.2) is 11.9 Å². The fraction of sp³-hybridized carbons (Fsp3) is 0.683. The zero-order valence-electron chi connectivity index (χ0n) is 34.5. The first-order valence-corrected chi connectivity index (χ1v) is 23.0. The summed E-state index contributed by atoms with van der Waals surface area (Å²) < 4.78 is 32.2. The highest BCUT2D eigenvalue weighted by Crippen LogP contribution is 2.43. The van der Waals surface area contributed by atoms with E-state index < -0.39 is 51.7 Å². The Hall–Kier alpha value is -3.40. The van der Waals surface area contributed by atoms with Gasteiger partial charge in [0.2, 0.25) is 15.9 Å². The van der Waals surface area contributed by atoms with Crippen molar-refractivity contribution >= 4 is 45.1 Å². The molecule has 2 saturated heterocycles. The molecule has 15 heteroatoms. The molecule has 0 spiro atoms. The van der Waals surface area contributed by atoms with Crippen molar-refractivity contribution in [3.8, 4) is 0 Å². The van der Waals surface area contributed by atoms with Crippen LogP contribution in [-0.2, 0) is 30.8 Å². The Bertz CT molecular complexity index is 1730. The van der Waals surface area contributed by atoms with E-state index in [0.717, 1.165) is 56.8 Å². The maximum Gasteiger partial charge on any atom is 0.407 e. The lowest BCUT2D eigenvalue weighted by atomic mass is 9.69. The third-order valence-electron chi connectivity index (χ3n) is 12.0. The van der Waals surface area contributed by atoms with E-state index in [2.05, 4.69) is 39.2 Å². The number of carbonyl (C=O) groups is 4. The first-order valence-electron chi connectivity index (χ1n) is 20.2. The van der Waals surface area contributed by atoms with Gasteiger partial charge in [-0.15, -0.1) is 11.3 Å². The molecule has 2 fully saturated rings. The van der Waals surface area contributed by atoms with Crippen LogP contribution in [0, 0.1) is 17.8 Å². The Morgan fingerprint density at radius 3 is 2.32 bits per heavy atom. The molecule has 3 N–H and O–H groups in total. The van der Waals surface area contributed by atoms with Gasteiger partial charge < -0.3 is 20.3 Å². The molecule has 2 aliphatic rings. The summed E-state index contributed by atoms with van der Waals surface area (Å²) in [5.74, 6) is -1.00. The van der Waals surface area contributed by atoms with Gasteiger partial charge in [-0.25, -0.2) is 22.9 Å². The van der Waals surface area contributed by atoms with Crippen molar-refractivity contribution in [3.05, 3.63) is 52.0 Å². The molecule has 3 amide bonds. The zero-order chi connectivity index (χ0) is 41.2. The van der Waals surface area contributed by atoms with Crippen LogP contribution in [0.5, 0.6) is 0 Å². The van der Waals surface area contributed by atoms with Crippen LogP contribution in [0.2, 0.25) is 0 Å². The summed E-state index contributed by atoms with van der Waals surface area (Å²) in [4.78, 5) is 64.0. The van der Waals surface area contributed by atoms with Gasteiger partial charge in [-0.2, -0.15) is 0 Å². The molecule has 0 saturated carbocycles. The monoisotopic (exact) mass is 816 g/mol. The number of likely N-dealkylation sites (N-methyl/N-ethyl adjacent to an activating group) is 1. The molecule has 13 nitrogen and oxygen atoms in total. The molecule has 5 atom stereocenters. The van der Waals surface area contributed by atoms with Gasteiger partial charge in [-0.3, -0.25) is 19.3 Å². The highest BCUT2D eigenvalue weighted by atomic mass is 32.2. The number of nitrogens with one attached hydrogen (secondary N) is 3. The fourth-order valence-electron chi connectivity index (χ4n) is 8.46. The molecule has 0 unspecified atom stereocenters. The number of hydrogen-bond donors (Lipinski definition) is 3. The summed E-state index contributed by atoms with van der Waals surface area (Å²) in [6, 6.07) is 8.89. The molecule has 2 aliphatic heterocycles. The molecule has 56 heavy (non-hydrogen) atoms. The number of benzene rings is 1.